The number of carbonyl (C=O) groups is 1. The third-order valence-electron chi connectivity index (χ3n) is 3.18. The Labute approximate surface area is 141 Å². The molecule has 0 radical (unpaired) electrons. The number of nitrogens with one attached hydrogen (secondary N) is 1. The molecule has 1 amide bonds. The number of nitrogens with zero attached hydrogens (tertiary/aromatic N) is 2. The third kappa shape index (κ3) is 5.63. The molecule has 2 aromatic rings. The van der Waals surface area contributed by atoms with Gasteiger partial charge in [-0.25, -0.2) is 4.98 Å². The fourth-order valence-corrected chi connectivity index (χ4v) is 1.97. The highest BCUT2D eigenvalue weighted by atomic mass is 19.4. The highest BCUT2D eigenvalue weighted by Gasteiger charge is 2.30. The van der Waals surface area contributed by atoms with Crippen LogP contribution in [0.4, 0.5) is 18.9 Å². The van der Waals surface area contributed by atoms with Crippen molar-refractivity contribution < 1.29 is 22.7 Å². The van der Waals surface area contributed by atoms with Crippen molar-refractivity contribution in [1.82, 2.24) is 9.55 Å². The van der Waals surface area contributed by atoms with Crippen LogP contribution >= 0.6 is 0 Å². The second-order valence-corrected chi connectivity index (χ2v) is 5.55. The topological polar surface area (TPSA) is 73.2 Å². The number of benzene rings is 1. The van der Waals surface area contributed by atoms with E-state index in [1.165, 1.54) is 24.5 Å². The van der Waals surface area contributed by atoms with Crippen molar-refractivity contribution >= 4 is 11.6 Å². The van der Waals surface area contributed by atoms with E-state index in [0.29, 0.717) is 5.69 Å². The number of aromatic nitrogens is 2. The second-order valence-electron chi connectivity index (χ2n) is 5.55. The Morgan fingerprint density at radius 3 is 2.44 bits per heavy atom. The Kier molecular flexibility index (Phi) is 5.45. The van der Waals surface area contributed by atoms with Crippen LogP contribution in [0.1, 0.15) is 25.5 Å². The van der Waals surface area contributed by atoms with Gasteiger partial charge in [0.25, 0.3) is 5.56 Å². The largest absolute Gasteiger partial charge is 0.573 e. The lowest BCUT2D eigenvalue weighted by atomic mass is 10.1. The van der Waals surface area contributed by atoms with Crippen LogP contribution in [0.3, 0.4) is 0 Å². The van der Waals surface area contributed by atoms with Crippen LogP contribution in [-0.2, 0) is 11.3 Å². The molecule has 134 valence electrons. The fraction of sp³-hybridized carbons (Fsp3) is 0.312. The van der Waals surface area contributed by atoms with E-state index in [1.54, 1.807) is 0 Å². The van der Waals surface area contributed by atoms with Gasteiger partial charge in [-0.15, -0.1) is 13.2 Å². The second kappa shape index (κ2) is 7.37. The van der Waals surface area contributed by atoms with Crippen molar-refractivity contribution in [2.24, 2.45) is 0 Å². The van der Waals surface area contributed by atoms with Crippen LogP contribution in [0.15, 0.2) is 41.5 Å². The minimum Gasteiger partial charge on any atom is -0.406 e. The van der Waals surface area contributed by atoms with E-state index >= 15 is 0 Å². The highest BCUT2D eigenvalue weighted by Crippen LogP contribution is 2.23. The molecule has 1 aromatic heterocycles. The molecule has 0 unspecified atom stereocenters. The van der Waals surface area contributed by atoms with E-state index in [0.717, 1.165) is 16.7 Å². The lowest BCUT2D eigenvalue weighted by molar-refractivity contribution is -0.274. The molecule has 0 saturated carbocycles. The number of halogens is 3. The van der Waals surface area contributed by atoms with Crippen LogP contribution in [0, 0.1) is 0 Å². The van der Waals surface area contributed by atoms with Crippen molar-refractivity contribution in [1.29, 1.82) is 0 Å². The molecule has 6 nitrogen and oxygen atoms in total. The Balaban J connectivity index is 1.99. The fourth-order valence-electron chi connectivity index (χ4n) is 1.97. The summed E-state index contributed by atoms with van der Waals surface area (Å²) >= 11 is 0. The summed E-state index contributed by atoms with van der Waals surface area (Å²) in [5.41, 5.74) is 0.545. The molecular weight excluding hydrogens is 339 g/mol. The van der Waals surface area contributed by atoms with E-state index in [1.807, 2.05) is 13.8 Å². The molecule has 1 heterocycles. The molecule has 25 heavy (non-hydrogen) atoms. The lowest BCUT2D eigenvalue weighted by Crippen LogP contribution is -2.28. The molecule has 0 aliphatic carbocycles. The number of alkyl halides is 3. The van der Waals surface area contributed by atoms with E-state index in [9.17, 15) is 22.8 Å². The van der Waals surface area contributed by atoms with Gasteiger partial charge in [0, 0.05) is 11.8 Å². The van der Waals surface area contributed by atoms with Crippen molar-refractivity contribution in [3.05, 3.63) is 52.7 Å². The first-order valence-electron chi connectivity index (χ1n) is 7.36. The maximum atomic E-state index is 12.1. The van der Waals surface area contributed by atoms with Crippen molar-refractivity contribution in [2.45, 2.75) is 32.7 Å². The quantitative estimate of drug-likeness (QED) is 0.895. The molecule has 1 N–H and O–H groups in total. The summed E-state index contributed by atoms with van der Waals surface area (Å²) < 4.78 is 41.1. The average Bonchev–Trinajstić information content (AvgIpc) is 2.49. The maximum Gasteiger partial charge on any atom is 0.573 e. The van der Waals surface area contributed by atoms with E-state index < -0.39 is 18.0 Å². The number of hydrogen-bond donors (Lipinski definition) is 1. The summed E-state index contributed by atoms with van der Waals surface area (Å²) in [7, 11) is 0. The lowest BCUT2D eigenvalue weighted by Gasteiger charge is -2.11. The molecule has 0 aliphatic rings. The zero-order valence-corrected chi connectivity index (χ0v) is 13.5. The number of amides is 1. The molecule has 0 atom stereocenters. The minimum absolute atomic E-state index is 0.0913. The normalized spacial score (nSPS) is 11.4. The summed E-state index contributed by atoms with van der Waals surface area (Å²) in [6, 6.07) is 6.05. The van der Waals surface area contributed by atoms with Gasteiger partial charge in [0.1, 0.15) is 12.3 Å². The minimum atomic E-state index is -4.78. The SMILES string of the molecule is CC(C)c1cc(=O)n(CC(=O)Nc2ccc(OC(F)(F)F)cc2)cn1. The standard InChI is InChI=1S/C16H16F3N3O3/c1-10(2)13-7-15(24)22(9-20-13)8-14(23)21-11-3-5-12(6-4-11)25-16(17,18)19/h3-7,9-10H,8H2,1-2H3,(H,21,23). The monoisotopic (exact) mass is 355 g/mol. The Hall–Kier alpha value is -2.84. The van der Waals surface area contributed by atoms with E-state index in [-0.39, 0.29) is 23.7 Å². The summed E-state index contributed by atoms with van der Waals surface area (Å²) in [5.74, 6) is -0.811. The van der Waals surface area contributed by atoms with Gasteiger partial charge in [0.2, 0.25) is 5.91 Å². The predicted octanol–water partition coefficient (Wildman–Crippen LogP) is 2.90. The molecule has 9 heteroatoms. The van der Waals surface area contributed by atoms with Gasteiger partial charge in [-0.2, -0.15) is 0 Å². The van der Waals surface area contributed by atoms with Crippen LogP contribution in [0.25, 0.3) is 0 Å². The number of rotatable bonds is 5. The number of carbonyl (C=O) groups excluding carboxylic acids is 1. The number of ether oxygens (including phenoxy) is 1. The van der Waals surface area contributed by atoms with Gasteiger partial charge >= 0.3 is 6.36 Å². The summed E-state index contributed by atoms with van der Waals surface area (Å²) in [5, 5.41) is 2.48. The number of hydrogen-bond acceptors (Lipinski definition) is 4. The first kappa shape index (κ1) is 18.5. The van der Waals surface area contributed by atoms with Gasteiger partial charge in [-0.1, -0.05) is 13.8 Å². The van der Waals surface area contributed by atoms with Crippen LogP contribution < -0.4 is 15.6 Å². The summed E-state index contributed by atoms with van der Waals surface area (Å²) in [4.78, 5) is 28.0. The summed E-state index contributed by atoms with van der Waals surface area (Å²) in [6.07, 6.45) is -3.49. The van der Waals surface area contributed by atoms with E-state index in [4.69, 9.17) is 0 Å². The molecule has 1 aromatic carbocycles. The Morgan fingerprint density at radius 1 is 1.28 bits per heavy atom. The van der Waals surface area contributed by atoms with E-state index in [2.05, 4.69) is 15.0 Å². The molecule has 0 spiro atoms. The first-order valence-corrected chi connectivity index (χ1v) is 7.36. The van der Waals surface area contributed by atoms with Crippen molar-refractivity contribution in [2.75, 3.05) is 5.32 Å². The van der Waals surface area contributed by atoms with Gasteiger partial charge in [-0.3, -0.25) is 14.2 Å². The molecule has 0 saturated heterocycles. The van der Waals surface area contributed by atoms with Gasteiger partial charge < -0.3 is 10.1 Å². The van der Waals surface area contributed by atoms with Gasteiger partial charge in [-0.05, 0) is 30.2 Å². The van der Waals surface area contributed by atoms with Gasteiger partial charge in [0.05, 0.1) is 12.0 Å². The first-order chi connectivity index (χ1) is 11.6. The summed E-state index contributed by atoms with van der Waals surface area (Å²) in [6.45, 7) is 3.53. The Bertz CT molecular complexity index is 799. The maximum absolute atomic E-state index is 12.1. The molecule has 0 bridgehead atoms. The predicted molar refractivity (Wildman–Crippen MR) is 84.3 cm³/mol. The smallest absolute Gasteiger partial charge is 0.406 e. The Morgan fingerprint density at radius 2 is 1.92 bits per heavy atom. The zero-order chi connectivity index (χ0) is 18.6. The third-order valence-corrected chi connectivity index (χ3v) is 3.18. The van der Waals surface area contributed by atoms with Crippen LogP contribution in [-0.4, -0.2) is 21.8 Å². The molecule has 0 aliphatic heterocycles. The molecule has 0 fully saturated rings. The van der Waals surface area contributed by atoms with Crippen LogP contribution in [0.2, 0.25) is 0 Å². The average molecular weight is 355 g/mol. The zero-order valence-electron chi connectivity index (χ0n) is 13.5. The number of anilines is 1. The highest BCUT2D eigenvalue weighted by molar-refractivity contribution is 5.90. The van der Waals surface area contributed by atoms with Gasteiger partial charge in [0.15, 0.2) is 0 Å². The van der Waals surface area contributed by atoms with Crippen molar-refractivity contribution in [3.8, 4) is 5.75 Å². The van der Waals surface area contributed by atoms with Crippen LogP contribution in [0.5, 0.6) is 5.75 Å². The molecule has 2 rings (SSSR count). The molecular formula is C16H16F3N3O3. The van der Waals surface area contributed by atoms with Crippen molar-refractivity contribution in [3.63, 3.8) is 0 Å².